The number of hydrogen-bond acceptors (Lipinski definition) is 2. The van der Waals surface area contributed by atoms with Gasteiger partial charge in [-0.05, 0) is 81.4 Å². The van der Waals surface area contributed by atoms with Gasteiger partial charge in [0.15, 0.2) is 0 Å². The van der Waals surface area contributed by atoms with Crippen LogP contribution < -0.4 is 0 Å². The summed E-state index contributed by atoms with van der Waals surface area (Å²) in [6.45, 7) is 13.3. The van der Waals surface area contributed by atoms with E-state index in [1.54, 1.807) is 12.1 Å². The Hall–Kier alpha value is -1.48. The van der Waals surface area contributed by atoms with Crippen LogP contribution in [0.15, 0.2) is 54.8 Å². The molecule has 1 atom stereocenters. The van der Waals surface area contributed by atoms with Gasteiger partial charge in [-0.15, -0.1) is 6.58 Å². The third-order valence-electron chi connectivity index (χ3n) is 4.96. The van der Waals surface area contributed by atoms with E-state index in [0.29, 0.717) is 6.04 Å². The van der Waals surface area contributed by atoms with Gasteiger partial charge in [0.05, 0.1) is 0 Å². The van der Waals surface area contributed by atoms with E-state index in [2.05, 4.69) is 43.2 Å². The lowest BCUT2D eigenvalue weighted by molar-refractivity contribution is 0.357. The molecule has 1 aromatic rings. The summed E-state index contributed by atoms with van der Waals surface area (Å²) in [5.74, 6) is 2.23. The SMILES string of the molecule is C=C(C)CCCSCCN1C(=C)CCC1/C=C/CCc1cc(C)cc(F)c1. The van der Waals surface area contributed by atoms with Gasteiger partial charge in [0, 0.05) is 24.0 Å². The molecule has 0 radical (unpaired) electrons. The number of nitrogens with zero attached hydrogens (tertiary/aromatic N) is 1. The Morgan fingerprint density at radius 3 is 2.89 bits per heavy atom. The highest BCUT2D eigenvalue weighted by molar-refractivity contribution is 7.99. The fourth-order valence-corrected chi connectivity index (χ4v) is 4.45. The summed E-state index contributed by atoms with van der Waals surface area (Å²) >= 11 is 2.03. The first-order valence-electron chi connectivity index (χ1n) is 10.0. The van der Waals surface area contributed by atoms with Gasteiger partial charge in [-0.1, -0.05) is 30.4 Å². The Morgan fingerprint density at radius 1 is 1.33 bits per heavy atom. The fourth-order valence-electron chi connectivity index (χ4n) is 3.57. The van der Waals surface area contributed by atoms with E-state index in [0.717, 1.165) is 55.5 Å². The highest BCUT2D eigenvalue weighted by atomic mass is 32.2. The van der Waals surface area contributed by atoms with Crippen molar-refractivity contribution in [3.63, 3.8) is 0 Å². The van der Waals surface area contributed by atoms with E-state index in [-0.39, 0.29) is 5.82 Å². The van der Waals surface area contributed by atoms with Gasteiger partial charge in [-0.3, -0.25) is 0 Å². The molecule has 1 heterocycles. The summed E-state index contributed by atoms with van der Waals surface area (Å²) in [5, 5.41) is 0. The van der Waals surface area contributed by atoms with Crippen LogP contribution in [-0.4, -0.2) is 29.0 Å². The van der Waals surface area contributed by atoms with Crippen molar-refractivity contribution in [1.82, 2.24) is 4.90 Å². The maximum Gasteiger partial charge on any atom is 0.123 e. The lowest BCUT2D eigenvalue weighted by Gasteiger charge is -2.25. The Morgan fingerprint density at radius 2 is 2.15 bits per heavy atom. The molecular formula is C24H34FNS. The number of rotatable bonds is 11. The maximum absolute atomic E-state index is 13.5. The molecule has 0 spiro atoms. The van der Waals surface area contributed by atoms with Gasteiger partial charge in [0.25, 0.3) is 0 Å². The number of aryl methyl sites for hydroxylation is 2. The van der Waals surface area contributed by atoms with Crippen molar-refractivity contribution >= 4 is 11.8 Å². The van der Waals surface area contributed by atoms with Crippen molar-refractivity contribution in [2.75, 3.05) is 18.1 Å². The van der Waals surface area contributed by atoms with E-state index < -0.39 is 0 Å². The van der Waals surface area contributed by atoms with Gasteiger partial charge in [-0.25, -0.2) is 4.39 Å². The van der Waals surface area contributed by atoms with Crippen LogP contribution in [0.3, 0.4) is 0 Å². The second-order valence-electron chi connectivity index (χ2n) is 7.64. The standard InChI is InChI=1S/C24H34FNS/c1-19(2)8-7-14-27-15-13-26-21(4)11-12-24(26)10-6-5-9-22-16-20(3)17-23(25)18-22/h6,10,16-18,24H,1,4-5,7-9,11-15H2,2-3H3/b10-6+. The van der Waals surface area contributed by atoms with E-state index in [1.165, 1.54) is 23.4 Å². The van der Waals surface area contributed by atoms with Crippen LogP contribution in [0.1, 0.15) is 50.2 Å². The molecule has 0 aromatic heterocycles. The van der Waals surface area contributed by atoms with Crippen LogP contribution in [0.2, 0.25) is 0 Å². The predicted molar refractivity (Wildman–Crippen MR) is 119 cm³/mol. The minimum absolute atomic E-state index is 0.131. The molecule has 2 rings (SSSR count). The van der Waals surface area contributed by atoms with Crippen molar-refractivity contribution < 1.29 is 4.39 Å². The third kappa shape index (κ3) is 7.96. The second kappa shape index (κ2) is 11.4. The zero-order valence-corrected chi connectivity index (χ0v) is 17.8. The molecule has 27 heavy (non-hydrogen) atoms. The number of allylic oxidation sites excluding steroid dienone is 3. The first-order chi connectivity index (χ1) is 13.0. The van der Waals surface area contributed by atoms with E-state index in [9.17, 15) is 4.39 Å². The van der Waals surface area contributed by atoms with E-state index in [1.807, 2.05) is 18.7 Å². The molecule has 1 fully saturated rings. The van der Waals surface area contributed by atoms with Crippen LogP contribution in [-0.2, 0) is 6.42 Å². The number of thioether (sulfide) groups is 1. The molecule has 3 heteroatoms. The molecule has 0 saturated carbocycles. The average Bonchev–Trinajstić information content (AvgIpc) is 2.94. The summed E-state index contributed by atoms with van der Waals surface area (Å²) < 4.78 is 13.5. The maximum atomic E-state index is 13.5. The molecule has 1 aliphatic heterocycles. The van der Waals surface area contributed by atoms with Crippen LogP contribution in [0, 0.1) is 12.7 Å². The van der Waals surface area contributed by atoms with Crippen molar-refractivity contribution in [3.05, 3.63) is 71.7 Å². The molecule has 1 aliphatic rings. The molecule has 1 saturated heterocycles. The molecule has 148 valence electrons. The average molecular weight is 388 g/mol. The first kappa shape index (κ1) is 21.8. The lowest BCUT2D eigenvalue weighted by atomic mass is 10.1. The van der Waals surface area contributed by atoms with Crippen molar-refractivity contribution in [2.45, 2.75) is 58.4 Å². The Labute approximate surface area is 169 Å². The van der Waals surface area contributed by atoms with Crippen LogP contribution in [0.25, 0.3) is 0 Å². The molecule has 0 N–H and O–H groups in total. The van der Waals surface area contributed by atoms with Crippen LogP contribution in [0.4, 0.5) is 4.39 Å². The molecule has 1 nitrogen and oxygen atoms in total. The van der Waals surface area contributed by atoms with E-state index >= 15 is 0 Å². The minimum atomic E-state index is -0.131. The predicted octanol–water partition coefficient (Wildman–Crippen LogP) is 6.69. The van der Waals surface area contributed by atoms with Crippen LogP contribution >= 0.6 is 11.8 Å². The molecule has 0 amide bonds. The molecule has 1 unspecified atom stereocenters. The summed E-state index contributed by atoms with van der Waals surface area (Å²) in [7, 11) is 0. The zero-order chi connectivity index (χ0) is 19.6. The lowest BCUT2D eigenvalue weighted by Crippen LogP contribution is -2.28. The van der Waals surface area contributed by atoms with Gasteiger partial charge < -0.3 is 4.90 Å². The molecule has 1 aromatic carbocycles. The van der Waals surface area contributed by atoms with Crippen molar-refractivity contribution in [3.8, 4) is 0 Å². The Kier molecular flexibility index (Phi) is 9.20. The van der Waals surface area contributed by atoms with Gasteiger partial charge in [0.2, 0.25) is 0 Å². The second-order valence-corrected chi connectivity index (χ2v) is 8.87. The van der Waals surface area contributed by atoms with E-state index in [4.69, 9.17) is 0 Å². The minimum Gasteiger partial charge on any atom is -0.368 e. The fraction of sp³-hybridized carbons (Fsp3) is 0.500. The third-order valence-corrected chi connectivity index (χ3v) is 6.01. The van der Waals surface area contributed by atoms with Crippen molar-refractivity contribution in [1.29, 1.82) is 0 Å². The number of halogens is 1. The smallest absolute Gasteiger partial charge is 0.123 e. The monoisotopic (exact) mass is 387 g/mol. The first-order valence-corrected chi connectivity index (χ1v) is 11.2. The number of hydrogen-bond donors (Lipinski definition) is 0. The number of likely N-dealkylation sites (tertiary alicyclic amines) is 1. The van der Waals surface area contributed by atoms with Gasteiger partial charge >= 0.3 is 0 Å². The van der Waals surface area contributed by atoms with Crippen molar-refractivity contribution in [2.24, 2.45) is 0 Å². The summed E-state index contributed by atoms with van der Waals surface area (Å²) in [6.07, 6.45) is 11.1. The highest BCUT2D eigenvalue weighted by Gasteiger charge is 2.23. The summed E-state index contributed by atoms with van der Waals surface area (Å²) in [4.78, 5) is 2.47. The molecule has 0 bridgehead atoms. The topological polar surface area (TPSA) is 3.24 Å². The van der Waals surface area contributed by atoms with Gasteiger partial charge in [0.1, 0.15) is 5.82 Å². The normalized spacial score (nSPS) is 17.2. The zero-order valence-electron chi connectivity index (χ0n) is 17.0. The van der Waals surface area contributed by atoms with Crippen LogP contribution in [0.5, 0.6) is 0 Å². The number of benzene rings is 1. The Balaban J connectivity index is 1.72. The molecule has 0 aliphatic carbocycles. The quantitative estimate of drug-likeness (QED) is 0.307. The summed E-state index contributed by atoms with van der Waals surface area (Å²) in [6, 6.07) is 5.78. The molecular weight excluding hydrogens is 353 g/mol. The Bertz CT molecular complexity index is 644. The summed E-state index contributed by atoms with van der Waals surface area (Å²) in [5.41, 5.74) is 4.62. The largest absolute Gasteiger partial charge is 0.368 e. The highest BCUT2D eigenvalue weighted by Crippen LogP contribution is 2.27. The van der Waals surface area contributed by atoms with Gasteiger partial charge in [-0.2, -0.15) is 11.8 Å².